The van der Waals surface area contributed by atoms with Crippen molar-refractivity contribution in [1.29, 1.82) is 0 Å². The van der Waals surface area contributed by atoms with E-state index in [0.29, 0.717) is 11.7 Å². The number of carbonyl (C=O) groups excluding carboxylic acids is 1. The predicted octanol–water partition coefficient (Wildman–Crippen LogP) is 3.69. The summed E-state index contributed by atoms with van der Waals surface area (Å²) < 4.78 is 5.18. The third kappa shape index (κ3) is 2.72. The van der Waals surface area contributed by atoms with Crippen molar-refractivity contribution in [3.63, 3.8) is 0 Å². The summed E-state index contributed by atoms with van der Waals surface area (Å²) in [5.41, 5.74) is 2.10. The number of carbonyl (C=O) groups is 1. The van der Waals surface area contributed by atoms with Crippen LogP contribution in [0.4, 0.5) is 0 Å². The number of ketones is 1. The molecule has 0 spiro atoms. The fourth-order valence-electron chi connectivity index (χ4n) is 4.13. The topological polar surface area (TPSA) is 46.5 Å². The molecule has 1 fully saturated rings. The summed E-state index contributed by atoms with van der Waals surface area (Å²) in [6, 6.07) is 5.39. The largest absolute Gasteiger partial charge is 0.504 e. The minimum atomic E-state index is -0.0182. The van der Waals surface area contributed by atoms with Gasteiger partial charge in [-0.3, -0.25) is 4.79 Å². The third-order valence-corrected chi connectivity index (χ3v) is 5.19. The van der Waals surface area contributed by atoms with Gasteiger partial charge in [-0.25, -0.2) is 0 Å². The number of allylic oxidation sites excluding steroid dienone is 4. The molecule has 0 saturated heterocycles. The number of aromatic hydroxyl groups is 1. The summed E-state index contributed by atoms with van der Waals surface area (Å²) in [6.45, 7) is 8.07. The molecule has 1 N–H and O–H groups in total. The van der Waals surface area contributed by atoms with Crippen LogP contribution >= 0.6 is 0 Å². The van der Waals surface area contributed by atoms with Gasteiger partial charge in [-0.1, -0.05) is 30.4 Å². The minimum absolute atomic E-state index is 0.0182. The molecule has 120 valence electrons. The molecular weight excluding hydrogens is 288 g/mol. The molecule has 0 unspecified atom stereocenters. The number of rotatable bonds is 4. The van der Waals surface area contributed by atoms with E-state index in [9.17, 15) is 9.90 Å². The van der Waals surface area contributed by atoms with Crippen molar-refractivity contribution in [3.05, 3.63) is 60.7 Å². The van der Waals surface area contributed by atoms with E-state index in [-0.39, 0.29) is 29.3 Å². The molecule has 1 aromatic rings. The molecule has 23 heavy (non-hydrogen) atoms. The molecule has 0 aromatic heterocycles. The van der Waals surface area contributed by atoms with Gasteiger partial charge in [0.2, 0.25) is 0 Å². The lowest BCUT2D eigenvalue weighted by atomic mass is 9.75. The molecule has 0 bridgehead atoms. The number of phenols is 1. The Hall–Kier alpha value is -2.29. The van der Waals surface area contributed by atoms with Gasteiger partial charge in [-0.15, -0.1) is 6.58 Å². The molecule has 2 aliphatic rings. The lowest BCUT2D eigenvalue weighted by Gasteiger charge is -2.28. The lowest BCUT2D eigenvalue weighted by Crippen LogP contribution is -2.29. The van der Waals surface area contributed by atoms with Gasteiger partial charge in [0.25, 0.3) is 0 Å². The average Bonchev–Trinajstić information content (AvgIpc) is 2.92. The van der Waals surface area contributed by atoms with Gasteiger partial charge in [0.15, 0.2) is 17.3 Å². The minimum Gasteiger partial charge on any atom is -0.504 e. The zero-order valence-corrected chi connectivity index (χ0v) is 13.4. The highest BCUT2D eigenvalue weighted by molar-refractivity contribution is 5.94. The molecule has 3 rings (SSSR count). The first-order valence-electron chi connectivity index (χ1n) is 7.94. The van der Waals surface area contributed by atoms with Gasteiger partial charge < -0.3 is 9.84 Å². The van der Waals surface area contributed by atoms with Crippen LogP contribution in [0.1, 0.15) is 12.0 Å². The van der Waals surface area contributed by atoms with Gasteiger partial charge in [0.05, 0.1) is 7.11 Å². The van der Waals surface area contributed by atoms with Crippen LogP contribution in [0.5, 0.6) is 11.5 Å². The molecule has 2 aliphatic carbocycles. The van der Waals surface area contributed by atoms with Crippen molar-refractivity contribution in [2.24, 2.45) is 23.7 Å². The number of ether oxygens (including phenoxy) is 1. The van der Waals surface area contributed by atoms with Gasteiger partial charge in [0.1, 0.15) is 0 Å². The summed E-state index contributed by atoms with van der Waals surface area (Å²) in [5.74, 6) is 1.51. The molecule has 1 saturated carbocycles. The Morgan fingerprint density at radius 3 is 2.83 bits per heavy atom. The zero-order valence-electron chi connectivity index (χ0n) is 13.4. The molecule has 0 aliphatic heterocycles. The summed E-state index contributed by atoms with van der Waals surface area (Å²) in [6.07, 6.45) is 7.21. The Morgan fingerprint density at radius 1 is 1.35 bits per heavy atom. The number of hydrogen-bond donors (Lipinski definition) is 1. The first-order chi connectivity index (χ1) is 11.0. The summed E-state index contributed by atoms with van der Waals surface area (Å²) in [5, 5.41) is 9.73. The van der Waals surface area contributed by atoms with Crippen LogP contribution in [0, 0.1) is 23.7 Å². The van der Waals surface area contributed by atoms with Crippen LogP contribution in [0.2, 0.25) is 0 Å². The fourth-order valence-corrected chi connectivity index (χ4v) is 4.13. The molecule has 0 heterocycles. The Labute approximate surface area is 137 Å². The summed E-state index contributed by atoms with van der Waals surface area (Å²) in [7, 11) is 1.54. The Balaban J connectivity index is 1.88. The quantitative estimate of drug-likeness (QED) is 0.863. The van der Waals surface area contributed by atoms with Crippen molar-refractivity contribution in [1.82, 2.24) is 0 Å². The van der Waals surface area contributed by atoms with E-state index in [4.69, 9.17) is 4.74 Å². The molecule has 4 atom stereocenters. The van der Waals surface area contributed by atoms with Crippen LogP contribution in [0.25, 0.3) is 0 Å². The van der Waals surface area contributed by atoms with E-state index in [1.165, 1.54) is 7.11 Å². The molecule has 0 amide bonds. The van der Waals surface area contributed by atoms with Crippen molar-refractivity contribution in [3.8, 4) is 11.5 Å². The van der Waals surface area contributed by atoms with E-state index < -0.39 is 0 Å². The number of methoxy groups -OCH3 is 1. The maximum Gasteiger partial charge on any atom is 0.160 e. The monoisotopic (exact) mass is 310 g/mol. The Bertz CT molecular complexity index is 686. The molecule has 3 nitrogen and oxygen atoms in total. The number of fused-ring (bicyclic) bond motifs is 1. The van der Waals surface area contributed by atoms with Crippen molar-refractivity contribution < 1.29 is 14.6 Å². The van der Waals surface area contributed by atoms with Crippen LogP contribution in [-0.4, -0.2) is 18.0 Å². The molecule has 0 radical (unpaired) electrons. The van der Waals surface area contributed by atoms with Crippen LogP contribution in [-0.2, 0) is 11.2 Å². The second kappa shape index (κ2) is 6.07. The Morgan fingerprint density at radius 2 is 2.13 bits per heavy atom. The summed E-state index contributed by atoms with van der Waals surface area (Å²) >= 11 is 0. The standard InChI is InChI=1S/C20H22O3/c1-4-14-11-15(20-17(22)7-5-12(2)19(14)20)9-13-6-8-16(21)18(10-13)23-3/h4-8,10,14-15,19-21H,1-2,9,11H2,3H3/t14-,15-,19+,20+/m1/s1. The molecule has 1 aromatic carbocycles. The van der Waals surface area contributed by atoms with E-state index in [0.717, 1.165) is 24.0 Å². The molecular formula is C20H22O3. The highest BCUT2D eigenvalue weighted by Gasteiger charge is 2.46. The fraction of sp³-hybridized carbons (Fsp3) is 0.350. The van der Waals surface area contributed by atoms with Gasteiger partial charge in [0, 0.05) is 5.92 Å². The maximum atomic E-state index is 12.4. The number of phenolic OH excluding ortho intramolecular Hbond substituents is 1. The van der Waals surface area contributed by atoms with E-state index in [2.05, 4.69) is 13.2 Å². The zero-order chi connectivity index (χ0) is 16.6. The lowest BCUT2D eigenvalue weighted by molar-refractivity contribution is -0.120. The van der Waals surface area contributed by atoms with E-state index in [1.54, 1.807) is 12.1 Å². The van der Waals surface area contributed by atoms with Gasteiger partial charge in [-0.2, -0.15) is 0 Å². The summed E-state index contributed by atoms with van der Waals surface area (Å²) in [4.78, 5) is 12.4. The van der Waals surface area contributed by atoms with E-state index >= 15 is 0 Å². The maximum absolute atomic E-state index is 12.4. The second-order valence-corrected chi connectivity index (χ2v) is 6.47. The highest BCUT2D eigenvalue weighted by atomic mass is 16.5. The van der Waals surface area contributed by atoms with Crippen LogP contribution < -0.4 is 4.74 Å². The second-order valence-electron chi connectivity index (χ2n) is 6.47. The van der Waals surface area contributed by atoms with E-state index in [1.807, 2.05) is 24.3 Å². The SMILES string of the molecule is C=C[C@@H]1C[C@@H](Cc2ccc(O)c(OC)c2)[C@H]2C(=O)C=CC(=C)[C@H]21. The van der Waals surface area contributed by atoms with Crippen LogP contribution in [0.15, 0.2) is 55.2 Å². The first-order valence-corrected chi connectivity index (χ1v) is 7.94. The Kier molecular flexibility index (Phi) is 4.12. The molecule has 3 heteroatoms. The van der Waals surface area contributed by atoms with Crippen molar-refractivity contribution >= 4 is 5.78 Å². The highest BCUT2D eigenvalue weighted by Crippen LogP contribution is 2.49. The van der Waals surface area contributed by atoms with Gasteiger partial charge >= 0.3 is 0 Å². The number of benzene rings is 1. The normalized spacial score (nSPS) is 29.4. The predicted molar refractivity (Wildman–Crippen MR) is 90.4 cm³/mol. The van der Waals surface area contributed by atoms with Gasteiger partial charge in [-0.05, 0) is 54.4 Å². The first kappa shape index (κ1) is 15.6. The van der Waals surface area contributed by atoms with Crippen molar-refractivity contribution in [2.75, 3.05) is 7.11 Å². The third-order valence-electron chi connectivity index (χ3n) is 5.19. The van der Waals surface area contributed by atoms with Crippen molar-refractivity contribution in [2.45, 2.75) is 12.8 Å². The number of hydrogen-bond acceptors (Lipinski definition) is 3. The van der Waals surface area contributed by atoms with Crippen LogP contribution in [0.3, 0.4) is 0 Å². The average molecular weight is 310 g/mol. The smallest absolute Gasteiger partial charge is 0.160 e.